The van der Waals surface area contributed by atoms with E-state index in [0.29, 0.717) is 43.4 Å². The lowest BCUT2D eigenvalue weighted by atomic mass is 9.91. The van der Waals surface area contributed by atoms with Crippen molar-refractivity contribution >= 4 is 39.1 Å². The number of piperidine rings is 1. The van der Waals surface area contributed by atoms with E-state index in [4.69, 9.17) is 16.3 Å². The number of hydrogen-bond acceptors (Lipinski definition) is 5. The number of cyclic esters (lactones) is 1. The van der Waals surface area contributed by atoms with E-state index in [0.717, 1.165) is 11.3 Å². The molecule has 9 heteroatoms. The Labute approximate surface area is 151 Å². The normalized spacial score (nSPS) is 23.3. The molecule has 2 aliphatic rings. The van der Waals surface area contributed by atoms with Gasteiger partial charge in [-0.25, -0.2) is 13.2 Å². The molecule has 2 saturated heterocycles. The van der Waals surface area contributed by atoms with Crippen molar-refractivity contribution in [2.45, 2.75) is 36.9 Å². The molecule has 0 unspecified atom stereocenters. The summed E-state index contributed by atoms with van der Waals surface area (Å²) in [6.45, 7) is 5.98. The van der Waals surface area contributed by atoms with Crippen LogP contribution >= 0.6 is 22.9 Å². The number of thiophene rings is 1. The minimum Gasteiger partial charge on any atom is -0.449 e. The molecule has 1 aromatic heterocycles. The Morgan fingerprint density at radius 1 is 1.29 bits per heavy atom. The molecule has 1 amide bonds. The summed E-state index contributed by atoms with van der Waals surface area (Å²) in [7, 11) is -3.50. The summed E-state index contributed by atoms with van der Waals surface area (Å²) in [4.78, 5) is 13.8. The van der Waals surface area contributed by atoms with Crippen LogP contribution in [0.15, 0.2) is 16.3 Å². The van der Waals surface area contributed by atoms with E-state index in [9.17, 15) is 13.2 Å². The lowest BCUT2D eigenvalue weighted by Gasteiger charge is -2.43. The molecule has 2 fully saturated rings. The molecule has 3 rings (SSSR count). The van der Waals surface area contributed by atoms with Gasteiger partial charge in [-0.05, 0) is 25.0 Å². The zero-order valence-corrected chi connectivity index (χ0v) is 16.1. The van der Waals surface area contributed by atoms with Crippen molar-refractivity contribution in [1.82, 2.24) is 9.21 Å². The van der Waals surface area contributed by atoms with Gasteiger partial charge in [0.15, 0.2) is 0 Å². The first kappa shape index (κ1) is 18.0. The van der Waals surface area contributed by atoms with Crippen molar-refractivity contribution in [3.05, 3.63) is 16.5 Å². The van der Waals surface area contributed by atoms with Gasteiger partial charge in [-0.3, -0.25) is 0 Å². The fourth-order valence-corrected chi connectivity index (χ4v) is 6.25. The minimum absolute atomic E-state index is 0.0236. The van der Waals surface area contributed by atoms with Gasteiger partial charge < -0.3 is 9.64 Å². The highest BCUT2D eigenvalue weighted by molar-refractivity contribution is 7.91. The Morgan fingerprint density at radius 2 is 1.96 bits per heavy atom. The maximum atomic E-state index is 12.6. The summed E-state index contributed by atoms with van der Waals surface area (Å²) in [5.41, 5.74) is -0.0785. The highest BCUT2D eigenvalue weighted by atomic mass is 35.5. The quantitative estimate of drug-likeness (QED) is 0.792. The Balaban J connectivity index is 1.66. The van der Waals surface area contributed by atoms with E-state index in [1.54, 1.807) is 17.0 Å². The van der Waals surface area contributed by atoms with Gasteiger partial charge in [0.2, 0.25) is 0 Å². The molecule has 0 spiro atoms. The summed E-state index contributed by atoms with van der Waals surface area (Å²) in [6, 6.07) is 3.16. The van der Waals surface area contributed by atoms with Gasteiger partial charge >= 0.3 is 6.09 Å². The van der Waals surface area contributed by atoms with Crippen LogP contribution < -0.4 is 0 Å². The molecule has 0 bridgehead atoms. The highest BCUT2D eigenvalue weighted by Crippen LogP contribution is 2.32. The number of sulfonamides is 1. The predicted octanol–water partition coefficient (Wildman–Crippen LogP) is 3.03. The van der Waals surface area contributed by atoms with Crippen molar-refractivity contribution in [2.24, 2.45) is 5.41 Å². The average Bonchev–Trinajstić information content (AvgIpc) is 2.97. The number of carbonyl (C=O) groups excluding carboxylic acids is 1. The van der Waals surface area contributed by atoms with Crippen LogP contribution in [0.1, 0.15) is 26.7 Å². The van der Waals surface area contributed by atoms with Crippen molar-refractivity contribution in [3.8, 4) is 0 Å². The van der Waals surface area contributed by atoms with Gasteiger partial charge in [0.25, 0.3) is 10.0 Å². The van der Waals surface area contributed by atoms with Gasteiger partial charge in [-0.2, -0.15) is 4.31 Å². The first-order valence-corrected chi connectivity index (χ1v) is 10.5. The number of hydrogen-bond donors (Lipinski definition) is 0. The minimum atomic E-state index is -3.50. The Bertz CT molecular complexity index is 724. The predicted molar refractivity (Wildman–Crippen MR) is 92.9 cm³/mol. The molecule has 0 radical (unpaired) electrons. The number of carbonyl (C=O) groups is 1. The highest BCUT2D eigenvalue weighted by Gasteiger charge is 2.39. The standard InChI is InChI=1S/C15H21ClN2O4S2/c1-15(2)9-18(14(19)22-10-15)11-5-7-17(8-6-11)24(20,21)13-4-3-12(16)23-13/h3-4,11H,5-10H2,1-2H3. The van der Waals surface area contributed by atoms with Crippen molar-refractivity contribution in [2.75, 3.05) is 26.2 Å². The molecule has 0 N–H and O–H groups in total. The number of halogens is 1. The van der Waals surface area contributed by atoms with E-state index in [1.165, 1.54) is 4.31 Å². The lowest BCUT2D eigenvalue weighted by Crippen LogP contribution is -2.55. The maximum absolute atomic E-state index is 12.6. The van der Waals surface area contributed by atoms with Crippen LogP contribution in [0.2, 0.25) is 4.34 Å². The van der Waals surface area contributed by atoms with Gasteiger partial charge in [0, 0.05) is 31.1 Å². The number of nitrogens with zero attached hydrogens (tertiary/aromatic N) is 2. The molecule has 2 aliphatic heterocycles. The lowest BCUT2D eigenvalue weighted by molar-refractivity contribution is -0.0129. The van der Waals surface area contributed by atoms with Gasteiger partial charge in [0.1, 0.15) is 4.21 Å². The molecule has 1 aromatic rings. The molecule has 3 heterocycles. The van der Waals surface area contributed by atoms with E-state index in [-0.39, 0.29) is 21.8 Å². The monoisotopic (exact) mass is 392 g/mol. The average molecular weight is 393 g/mol. The second kappa shape index (κ2) is 6.48. The first-order valence-electron chi connectivity index (χ1n) is 7.88. The Hall–Kier alpha value is -0.830. The molecule has 6 nitrogen and oxygen atoms in total. The molecular weight excluding hydrogens is 372 g/mol. The van der Waals surface area contributed by atoms with Crippen LogP contribution in [0.25, 0.3) is 0 Å². The number of amides is 1. The molecule has 24 heavy (non-hydrogen) atoms. The third-order valence-corrected chi connectivity index (χ3v) is 8.02. The van der Waals surface area contributed by atoms with E-state index in [2.05, 4.69) is 13.8 Å². The third-order valence-electron chi connectivity index (χ3n) is 4.43. The summed E-state index contributed by atoms with van der Waals surface area (Å²) < 4.78 is 32.7. The maximum Gasteiger partial charge on any atom is 0.410 e. The zero-order chi connectivity index (χ0) is 17.5. The molecule has 0 atom stereocenters. The SMILES string of the molecule is CC1(C)COC(=O)N(C2CCN(S(=O)(=O)c3ccc(Cl)s3)CC2)C1. The molecule has 0 aromatic carbocycles. The van der Waals surface area contributed by atoms with Crippen LogP contribution in [0.5, 0.6) is 0 Å². The fraction of sp³-hybridized carbons (Fsp3) is 0.667. The van der Waals surface area contributed by atoms with Gasteiger partial charge in [-0.1, -0.05) is 25.4 Å². The first-order chi connectivity index (χ1) is 11.2. The van der Waals surface area contributed by atoms with Crippen molar-refractivity contribution in [1.29, 1.82) is 0 Å². The van der Waals surface area contributed by atoms with Gasteiger partial charge in [0.05, 0.1) is 10.9 Å². The molecule has 134 valence electrons. The van der Waals surface area contributed by atoms with Gasteiger partial charge in [-0.15, -0.1) is 11.3 Å². The topological polar surface area (TPSA) is 66.9 Å². The smallest absolute Gasteiger partial charge is 0.410 e. The zero-order valence-electron chi connectivity index (χ0n) is 13.7. The van der Waals surface area contributed by atoms with Crippen LogP contribution in [0.3, 0.4) is 0 Å². The van der Waals surface area contributed by atoms with E-state index >= 15 is 0 Å². The number of rotatable bonds is 3. The summed E-state index contributed by atoms with van der Waals surface area (Å²) in [5, 5.41) is 0. The van der Waals surface area contributed by atoms with Crippen LogP contribution in [-0.4, -0.2) is 56.0 Å². The summed E-state index contributed by atoms with van der Waals surface area (Å²) in [5.74, 6) is 0. The van der Waals surface area contributed by atoms with E-state index < -0.39 is 10.0 Å². The molecule has 0 aliphatic carbocycles. The summed E-state index contributed by atoms with van der Waals surface area (Å²) in [6.07, 6.45) is 0.938. The third kappa shape index (κ3) is 3.56. The summed E-state index contributed by atoms with van der Waals surface area (Å²) >= 11 is 6.92. The Morgan fingerprint density at radius 3 is 2.54 bits per heavy atom. The van der Waals surface area contributed by atoms with Crippen LogP contribution in [0.4, 0.5) is 4.79 Å². The van der Waals surface area contributed by atoms with Crippen molar-refractivity contribution < 1.29 is 17.9 Å². The Kier molecular flexibility index (Phi) is 4.85. The second-order valence-electron chi connectivity index (χ2n) is 7.04. The largest absolute Gasteiger partial charge is 0.449 e. The second-order valence-corrected chi connectivity index (χ2v) is 10.9. The fourth-order valence-electron chi connectivity index (χ4n) is 3.15. The van der Waals surface area contributed by atoms with Crippen molar-refractivity contribution in [3.63, 3.8) is 0 Å². The van der Waals surface area contributed by atoms with E-state index in [1.807, 2.05) is 0 Å². The van der Waals surface area contributed by atoms with Crippen LogP contribution in [-0.2, 0) is 14.8 Å². The molecule has 0 saturated carbocycles. The van der Waals surface area contributed by atoms with Crippen LogP contribution in [0, 0.1) is 5.41 Å². The number of ether oxygens (including phenoxy) is 1. The molecular formula is C15H21ClN2O4S2.